The van der Waals surface area contributed by atoms with Gasteiger partial charge in [0.05, 0.1) is 11.7 Å². The SMILES string of the molecule is CC1CC(CN)CN1C(=O)Cn1cnc2scc(-c3cccs3)c2c1=O. The molecule has 0 radical (unpaired) electrons. The minimum atomic E-state index is -0.157. The van der Waals surface area contributed by atoms with Crippen LogP contribution in [0.4, 0.5) is 0 Å². The molecule has 6 nitrogen and oxygen atoms in total. The molecule has 0 aliphatic carbocycles. The fourth-order valence-corrected chi connectivity index (χ4v) is 5.31. The summed E-state index contributed by atoms with van der Waals surface area (Å²) in [4.78, 5) is 33.7. The third kappa shape index (κ3) is 2.98. The van der Waals surface area contributed by atoms with E-state index < -0.39 is 0 Å². The highest BCUT2D eigenvalue weighted by molar-refractivity contribution is 7.18. The van der Waals surface area contributed by atoms with E-state index in [9.17, 15) is 9.59 Å². The lowest BCUT2D eigenvalue weighted by Crippen LogP contribution is -2.39. The number of rotatable bonds is 4. The van der Waals surface area contributed by atoms with Crippen LogP contribution in [0, 0.1) is 5.92 Å². The van der Waals surface area contributed by atoms with Gasteiger partial charge in [-0.2, -0.15) is 0 Å². The first kappa shape index (κ1) is 17.4. The Morgan fingerprint density at radius 3 is 2.96 bits per heavy atom. The standard InChI is InChI=1S/C18H20N4O2S2/c1-11-5-12(6-19)7-22(11)15(23)8-21-10-20-17-16(18(21)24)13(9-26-17)14-3-2-4-25-14/h2-4,9-12H,5-8,19H2,1H3. The maximum atomic E-state index is 13.0. The van der Waals surface area contributed by atoms with E-state index in [0.29, 0.717) is 29.2 Å². The van der Waals surface area contributed by atoms with Crippen molar-refractivity contribution in [2.24, 2.45) is 11.7 Å². The van der Waals surface area contributed by atoms with Crippen molar-refractivity contribution in [1.29, 1.82) is 0 Å². The number of hydrogen-bond donors (Lipinski definition) is 1. The van der Waals surface area contributed by atoms with Crippen LogP contribution < -0.4 is 11.3 Å². The number of carbonyl (C=O) groups is 1. The van der Waals surface area contributed by atoms with Gasteiger partial charge in [0, 0.05) is 28.4 Å². The van der Waals surface area contributed by atoms with Gasteiger partial charge in [-0.1, -0.05) is 6.07 Å². The van der Waals surface area contributed by atoms with Crippen LogP contribution in [-0.4, -0.2) is 39.5 Å². The average molecular weight is 389 g/mol. The highest BCUT2D eigenvalue weighted by Gasteiger charge is 2.31. The molecule has 136 valence electrons. The molecule has 1 fully saturated rings. The first-order valence-corrected chi connectivity index (χ1v) is 10.3. The Morgan fingerprint density at radius 2 is 2.27 bits per heavy atom. The van der Waals surface area contributed by atoms with Gasteiger partial charge in [-0.3, -0.25) is 14.2 Å². The third-order valence-corrected chi connectivity index (χ3v) is 6.76. The predicted molar refractivity (Wildman–Crippen MR) is 106 cm³/mol. The van der Waals surface area contributed by atoms with E-state index in [2.05, 4.69) is 4.98 Å². The highest BCUT2D eigenvalue weighted by atomic mass is 32.1. The Morgan fingerprint density at radius 1 is 1.42 bits per heavy atom. The van der Waals surface area contributed by atoms with Gasteiger partial charge in [0.25, 0.3) is 5.56 Å². The normalized spacial score (nSPS) is 20.2. The van der Waals surface area contributed by atoms with Crippen molar-refractivity contribution in [2.75, 3.05) is 13.1 Å². The summed E-state index contributed by atoms with van der Waals surface area (Å²) in [5.41, 5.74) is 6.49. The molecule has 1 aliphatic rings. The van der Waals surface area contributed by atoms with Crippen molar-refractivity contribution in [3.8, 4) is 10.4 Å². The van der Waals surface area contributed by atoms with E-state index in [1.54, 1.807) is 11.3 Å². The molecule has 3 aromatic rings. The van der Waals surface area contributed by atoms with Gasteiger partial charge in [-0.05, 0) is 37.3 Å². The van der Waals surface area contributed by atoms with Gasteiger partial charge >= 0.3 is 0 Å². The van der Waals surface area contributed by atoms with Crippen LogP contribution in [0.15, 0.2) is 34.0 Å². The van der Waals surface area contributed by atoms with E-state index in [4.69, 9.17) is 5.73 Å². The van der Waals surface area contributed by atoms with Crippen LogP contribution in [-0.2, 0) is 11.3 Å². The predicted octanol–water partition coefficient (Wildman–Crippen LogP) is 2.38. The second-order valence-electron chi connectivity index (χ2n) is 6.72. The van der Waals surface area contributed by atoms with E-state index >= 15 is 0 Å². The monoisotopic (exact) mass is 388 g/mol. The second-order valence-corrected chi connectivity index (χ2v) is 8.52. The van der Waals surface area contributed by atoms with E-state index in [0.717, 1.165) is 16.9 Å². The number of fused-ring (bicyclic) bond motifs is 1. The van der Waals surface area contributed by atoms with Crippen LogP contribution in [0.5, 0.6) is 0 Å². The number of aromatic nitrogens is 2. The summed E-state index contributed by atoms with van der Waals surface area (Å²) in [7, 11) is 0. The van der Waals surface area contributed by atoms with Gasteiger partial charge in [0.1, 0.15) is 11.4 Å². The van der Waals surface area contributed by atoms with Crippen LogP contribution in [0.1, 0.15) is 13.3 Å². The number of thiophene rings is 2. The molecule has 2 atom stereocenters. The van der Waals surface area contributed by atoms with Gasteiger partial charge in [0.15, 0.2) is 0 Å². The molecule has 4 rings (SSSR count). The fraction of sp³-hybridized carbons (Fsp3) is 0.389. The van der Waals surface area contributed by atoms with Crippen LogP contribution in [0.2, 0.25) is 0 Å². The Labute approximate surface area is 158 Å². The van der Waals surface area contributed by atoms with Crippen molar-refractivity contribution < 1.29 is 4.79 Å². The number of likely N-dealkylation sites (tertiary alicyclic amines) is 1. The quantitative estimate of drug-likeness (QED) is 0.744. The fourth-order valence-electron chi connectivity index (χ4n) is 3.59. The summed E-state index contributed by atoms with van der Waals surface area (Å²) in [6.07, 6.45) is 2.40. The molecule has 0 aromatic carbocycles. The van der Waals surface area contributed by atoms with E-state index in [1.807, 2.05) is 34.7 Å². The topological polar surface area (TPSA) is 81.2 Å². The molecule has 2 N–H and O–H groups in total. The zero-order valence-corrected chi connectivity index (χ0v) is 16.1. The summed E-state index contributed by atoms with van der Waals surface area (Å²) in [6.45, 7) is 3.30. The lowest BCUT2D eigenvalue weighted by molar-refractivity contribution is -0.132. The average Bonchev–Trinajstić information content (AvgIpc) is 3.35. The van der Waals surface area contributed by atoms with Crippen molar-refractivity contribution in [3.63, 3.8) is 0 Å². The van der Waals surface area contributed by atoms with Gasteiger partial charge in [-0.15, -0.1) is 22.7 Å². The lowest BCUT2D eigenvalue weighted by atomic mass is 10.1. The van der Waals surface area contributed by atoms with Gasteiger partial charge < -0.3 is 10.6 Å². The lowest BCUT2D eigenvalue weighted by Gasteiger charge is -2.21. The maximum Gasteiger partial charge on any atom is 0.263 e. The number of amides is 1. The van der Waals surface area contributed by atoms with Gasteiger partial charge in [-0.25, -0.2) is 4.98 Å². The van der Waals surface area contributed by atoms with Crippen molar-refractivity contribution in [1.82, 2.24) is 14.5 Å². The maximum absolute atomic E-state index is 13.0. The molecule has 3 aromatic heterocycles. The number of nitrogens with two attached hydrogens (primary N) is 1. The summed E-state index contributed by atoms with van der Waals surface area (Å²) in [5.74, 6) is 0.290. The zero-order valence-electron chi connectivity index (χ0n) is 14.4. The Kier molecular flexibility index (Phi) is 4.64. The van der Waals surface area contributed by atoms with Crippen LogP contribution in [0.3, 0.4) is 0 Å². The molecule has 2 unspecified atom stereocenters. The minimum Gasteiger partial charge on any atom is -0.338 e. The van der Waals surface area contributed by atoms with E-state index in [1.165, 1.54) is 22.2 Å². The molecular formula is C18H20N4O2S2. The van der Waals surface area contributed by atoms with Crippen molar-refractivity contribution in [2.45, 2.75) is 25.9 Å². The molecule has 4 heterocycles. The smallest absolute Gasteiger partial charge is 0.263 e. The van der Waals surface area contributed by atoms with Crippen LogP contribution in [0.25, 0.3) is 20.7 Å². The van der Waals surface area contributed by atoms with Crippen molar-refractivity contribution in [3.05, 3.63) is 39.6 Å². The largest absolute Gasteiger partial charge is 0.338 e. The zero-order chi connectivity index (χ0) is 18.3. The number of hydrogen-bond acceptors (Lipinski definition) is 6. The Hall–Kier alpha value is -2.03. The first-order valence-electron chi connectivity index (χ1n) is 8.58. The molecule has 0 bridgehead atoms. The van der Waals surface area contributed by atoms with Gasteiger partial charge in [0.2, 0.25) is 5.91 Å². The minimum absolute atomic E-state index is 0.0170. The number of nitrogens with zero attached hydrogens (tertiary/aromatic N) is 3. The molecule has 1 saturated heterocycles. The summed E-state index contributed by atoms with van der Waals surface area (Å²) in [5, 5.41) is 4.55. The van der Waals surface area contributed by atoms with E-state index in [-0.39, 0.29) is 24.1 Å². The highest BCUT2D eigenvalue weighted by Crippen LogP contribution is 2.33. The van der Waals surface area contributed by atoms with Crippen molar-refractivity contribution >= 4 is 38.8 Å². The molecule has 8 heteroatoms. The third-order valence-electron chi connectivity index (χ3n) is 4.97. The van der Waals surface area contributed by atoms with Crippen LogP contribution >= 0.6 is 22.7 Å². The Bertz CT molecular complexity index is 992. The summed E-state index contributed by atoms with van der Waals surface area (Å²) >= 11 is 3.05. The molecule has 1 aliphatic heterocycles. The molecule has 26 heavy (non-hydrogen) atoms. The second kappa shape index (κ2) is 6.94. The first-order chi connectivity index (χ1) is 12.6. The Balaban J connectivity index is 1.65. The molecule has 0 saturated carbocycles. The number of carbonyl (C=O) groups excluding carboxylic acids is 1. The molecule has 1 amide bonds. The molecular weight excluding hydrogens is 368 g/mol. The summed E-state index contributed by atoms with van der Waals surface area (Å²) in [6, 6.07) is 4.11. The molecule has 0 spiro atoms. The summed E-state index contributed by atoms with van der Waals surface area (Å²) < 4.78 is 1.43.